The van der Waals surface area contributed by atoms with Crippen LogP contribution in [0.4, 0.5) is 0 Å². The molecule has 0 bridgehead atoms. The number of aromatic nitrogens is 6. The minimum absolute atomic E-state index is 0.0894. The predicted octanol–water partition coefficient (Wildman–Crippen LogP) is 1.46. The maximum Gasteiger partial charge on any atom is 0.242 e. The van der Waals surface area contributed by atoms with E-state index >= 15 is 0 Å². The van der Waals surface area contributed by atoms with Crippen LogP contribution < -0.4 is 0 Å². The molecular weight excluding hydrogens is 318 g/mol. The Morgan fingerprint density at radius 3 is 2.91 bits per heavy atom. The minimum atomic E-state index is 0.0894. The Bertz CT molecular complexity index is 735. The fourth-order valence-corrected chi connectivity index (χ4v) is 3.28. The van der Waals surface area contributed by atoms with Crippen molar-refractivity contribution < 1.29 is 4.79 Å². The molecule has 9 heteroatoms. The number of nitrogens with zero attached hydrogens (tertiary/aromatic N) is 6. The van der Waals surface area contributed by atoms with E-state index in [1.165, 1.54) is 12.8 Å². The van der Waals surface area contributed by atoms with Crippen LogP contribution in [-0.4, -0.2) is 47.3 Å². The molecule has 1 atom stereocenters. The predicted molar refractivity (Wildman–Crippen MR) is 81.8 cm³/mol. The summed E-state index contributed by atoms with van der Waals surface area (Å²) in [6.45, 7) is 3.34. The molecule has 0 unspecified atom stereocenters. The lowest BCUT2D eigenvalue weighted by molar-refractivity contribution is -0.133. The van der Waals surface area contributed by atoms with Crippen LogP contribution in [0.15, 0.2) is 0 Å². The summed E-state index contributed by atoms with van der Waals surface area (Å²) in [6.07, 6.45) is 3.28. The Balaban J connectivity index is 1.42. The highest BCUT2D eigenvalue weighted by Gasteiger charge is 2.35. The third-order valence-electron chi connectivity index (χ3n) is 4.43. The topological polar surface area (TPSA) is 92.6 Å². The van der Waals surface area contributed by atoms with Crippen molar-refractivity contribution in [3.8, 4) is 0 Å². The van der Waals surface area contributed by atoms with Gasteiger partial charge in [-0.1, -0.05) is 0 Å². The molecule has 1 N–H and O–H groups in total. The number of H-pyrrole nitrogens is 1. The number of aromatic amines is 1. The third-order valence-corrected chi connectivity index (χ3v) is 4.59. The lowest BCUT2D eigenvalue weighted by Crippen LogP contribution is -2.40. The van der Waals surface area contributed by atoms with E-state index in [0.717, 1.165) is 11.6 Å². The first-order chi connectivity index (χ1) is 11.1. The summed E-state index contributed by atoms with van der Waals surface area (Å²) in [6, 6.07) is 0.216. The number of amides is 1. The average molecular weight is 336 g/mol. The van der Waals surface area contributed by atoms with Crippen molar-refractivity contribution in [3.63, 3.8) is 0 Å². The monoisotopic (exact) mass is 335 g/mol. The van der Waals surface area contributed by atoms with Crippen LogP contribution in [0.1, 0.15) is 55.6 Å². The number of hydrogen-bond donors (Lipinski definition) is 1. The molecule has 1 amide bonds. The summed E-state index contributed by atoms with van der Waals surface area (Å²) in [7, 11) is 0. The zero-order valence-corrected chi connectivity index (χ0v) is 13.6. The summed E-state index contributed by atoms with van der Waals surface area (Å²) >= 11 is 5.67. The molecule has 1 saturated carbocycles. The second-order valence-electron chi connectivity index (χ2n) is 6.29. The van der Waals surface area contributed by atoms with Crippen molar-refractivity contribution in [2.24, 2.45) is 0 Å². The van der Waals surface area contributed by atoms with E-state index in [-0.39, 0.29) is 17.2 Å². The molecule has 0 aromatic carbocycles. The largest absolute Gasteiger partial charge is 0.333 e. The number of aryl methyl sites for hydroxylation is 1. The second kappa shape index (κ2) is 5.59. The summed E-state index contributed by atoms with van der Waals surface area (Å²) in [5.74, 6) is 3.27. The fraction of sp³-hybridized carbons (Fsp3) is 0.643. The highest BCUT2D eigenvalue weighted by molar-refractivity contribution is 6.28. The molecule has 3 heterocycles. The van der Waals surface area contributed by atoms with Gasteiger partial charge in [-0.25, -0.2) is 4.98 Å². The van der Waals surface area contributed by atoms with E-state index in [1.807, 2.05) is 4.90 Å². The van der Waals surface area contributed by atoms with Crippen molar-refractivity contribution in [1.29, 1.82) is 0 Å². The lowest BCUT2D eigenvalue weighted by Gasteiger charge is -2.32. The molecule has 122 valence electrons. The molecule has 8 nitrogen and oxygen atoms in total. The van der Waals surface area contributed by atoms with Gasteiger partial charge in [0.2, 0.25) is 11.2 Å². The van der Waals surface area contributed by atoms with Crippen molar-refractivity contribution in [3.05, 3.63) is 22.8 Å². The van der Waals surface area contributed by atoms with Gasteiger partial charge in [-0.05, 0) is 31.4 Å². The number of fused-ring (bicyclic) bond motifs is 1. The Morgan fingerprint density at radius 1 is 1.39 bits per heavy atom. The number of rotatable bonds is 4. The van der Waals surface area contributed by atoms with Crippen molar-refractivity contribution in [2.75, 3.05) is 6.54 Å². The number of halogens is 1. The number of carbonyl (C=O) groups excluding carboxylic acids is 1. The molecule has 23 heavy (non-hydrogen) atoms. The SMILES string of the molecule is C[C@H]1CN(C(=O)CCc2nc(Cl)n[nH]2)Cc2nnc(C3CC3)n21. The van der Waals surface area contributed by atoms with E-state index in [2.05, 4.69) is 36.9 Å². The van der Waals surface area contributed by atoms with Gasteiger partial charge in [0.15, 0.2) is 5.82 Å². The normalized spacial score (nSPS) is 20.6. The van der Waals surface area contributed by atoms with Crippen LogP contribution in [0.3, 0.4) is 0 Å². The number of carbonyl (C=O) groups is 1. The van der Waals surface area contributed by atoms with Gasteiger partial charge in [0.25, 0.3) is 0 Å². The molecule has 2 aromatic heterocycles. The van der Waals surface area contributed by atoms with Gasteiger partial charge in [0, 0.05) is 25.3 Å². The second-order valence-corrected chi connectivity index (χ2v) is 6.63. The van der Waals surface area contributed by atoms with Gasteiger partial charge in [0.1, 0.15) is 11.6 Å². The van der Waals surface area contributed by atoms with Gasteiger partial charge >= 0.3 is 0 Å². The zero-order valence-electron chi connectivity index (χ0n) is 12.9. The third kappa shape index (κ3) is 2.83. The lowest BCUT2D eigenvalue weighted by atomic mass is 10.2. The first-order valence-electron chi connectivity index (χ1n) is 7.90. The number of nitrogens with one attached hydrogen (secondary N) is 1. The molecular formula is C14H18ClN7O. The van der Waals surface area contributed by atoms with Crippen LogP contribution in [0.25, 0.3) is 0 Å². The highest BCUT2D eigenvalue weighted by Crippen LogP contribution is 2.41. The van der Waals surface area contributed by atoms with Crippen molar-refractivity contribution in [1.82, 2.24) is 34.8 Å². The minimum Gasteiger partial charge on any atom is -0.333 e. The highest BCUT2D eigenvalue weighted by atomic mass is 35.5. The van der Waals surface area contributed by atoms with Crippen LogP contribution in [-0.2, 0) is 17.8 Å². The van der Waals surface area contributed by atoms with Gasteiger partial charge in [-0.3, -0.25) is 9.89 Å². The Morgan fingerprint density at radius 2 is 2.22 bits per heavy atom. The Kier molecular flexibility index (Phi) is 3.56. The van der Waals surface area contributed by atoms with Crippen LogP contribution >= 0.6 is 11.6 Å². The summed E-state index contributed by atoms with van der Waals surface area (Å²) < 4.78 is 2.22. The summed E-state index contributed by atoms with van der Waals surface area (Å²) in [5, 5.41) is 15.3. The van der Waals surface area contributed by atoms with Gasteiger partial charge in [-0.15, -0.1) is 15.3 Å². The van der Waals surface area contributed by atoms with Gasteiger partial charge in [0.05, 0.1) is 12.6 Å². The number of hydrogen-bond acceptors (Lipinski definition) is 5. The molecule has 1 fully saturated rings. The molecule has 4 rings (SSSR count). The Hall–Kier alpha value is -1.96. The average Bonchev–Trinajstić information content (AvgIpc) is 3.14. The quantitative estimate of drug-likeness (QED) is 0.913. The van der Waals surface area contributed by atoms with Crippen molar-refractivity contribution in [2.45, 2.75) is 51.1 Å². The first-order valence-corrected chi connectivity index (χ1v) is 8.28. The van der Waals surface area contributed by atoms with E-state index in [9.17, 15) is 4.79 Å². The standard InChI is InChI=1S/C14H18ClN7O/c1-8-6-21(12(23)5-4-10-16-14(15)20-17-10)7-11-18-19-13(22(8)11)9-2-3-9/h8-9H,2-7H2,1H3,(H,16,17,20)/t8-/m0/s1. The molecule has 2 aromatic rings. The molecule has 0 saturated heterocycles. The summed E-state index contributed by atoms with van der Waals surface area (Å²) in [4.78, 5) is 18.3. The van der Waals surface area contributed by atoms with Gasteiger partial charge < -0.3 is 9.47 Å². The molecule has 2 aliphatic rings. The molecule has 1 aliphatic carbocycles. The van der Waals surface area contributed by atoms with Crippen LogP contribution in [0.5, 0.6) is 0 Å². The Labute approximate surface area is 138 Å². The molecule has 0 spiro atoms. The van der Waals surface area contributed by atoms with Gasteiger partial charge in [-0.2, -0.15) is 0 Å². The first kappa shape index (κ1) is 14.6. The van der Waals surface area contributed by atoms with E-state index in [1.54, 1.807) is 0 Å². The maximum atomic E-state index is 12.5. The van der Waals surface area contributed by atoms with E-state index < -0.39 is 0 Å². The van der Waals surface area contributed by atoms with E-state index in [4.69, 9.17) is 11.6 Å². The zero-order chi connectivity index (χ0) is 16.0. The molecule has 1 aliphatic heterocycles. The molecule has 0 radical (unpaired) electrons. The summed E-state index contributed by atoms with van der Waals surface area (Å²) in [5.41, 5.74) is 0. The van der Waals surface area contributed by atoms with Crippen LogP contribution in [0, 0.1) is 0 Å². The smallest absolute Gasteiger partial charge is 0.242 e. The van der Waals surface area contributed by atoms with E-state index in [0.29, 0.717) is 37.7 Å². The maximum absolute atomic E-state index is 12.5. The van der Waals surface area contributed by atoms with Crippen LogP contribution in [0.2, 0.25) is 5.28 Å². The fourth-order valence-electron chi connectivity index (χ4n) is 3.14. The van der Waals surface area contributed by atoms with Crippen molar-refractivity contribution >= 4 is 17.5 Å².